The van der Waals surface area contributed by atoms with E-state index in [4.69, 9.17) is 32.7 Å². The molecule has 9 heteroatoms. The number of hydrogen-bond acceptors (Lipinski definition) is 5. The van der Waals surface area contributed by atoms with Crippen molar-refractivity contribution in [3.8, 4) is 11.5 Å². The van der Waals surface area contributed by atoms with E-state index in [-0.39, 0.29) is 16.7 Å². The Kier molecular flexibility index (Phi) is 5.22. The minimum Gasteiger partial charge on any atom is -0.454 e. The Morgan fingerprint density at radius 2 is 1.63 bits per heavy atom. The average molecular weight is 429 g/mol. The molecule has 4 rings (SSSR count). The lowest BCUT2D eigenvalue weighted by atomic mass is 10.2. The van der Waals surface area contributed by atoms with Crippen molar-refractivity contribution in [3.63, 3.8) is 0 Å². The third kappa shape index (κ3) is 3.88. The van der Waals surface area contributed by atoms with E-state index in [1.54, 1.807) is 0 Å². The number of hydrogen-bond donors (Lipinski definition) is 0. The molecule has 2 aromatic rings. The molecule has 27 heavy (non-hydrogen) atoms. The lowest BCUT2D eigenvalue weighted by Gasteiger charge is -2.34. The zero-order valence-corrected chi connectivity index (χ0v) is 16.7. The lowest BCUT2D eigenvalue weighted by Crippen LogP contribution is -2.48. The van der Waals surface area contributed by atoms with Crippen LogP contribution in [-0.4, -0.2) is 50.6 Å². The zero-order valence-electron chi connectivity index (χ0n) is 14.4. The van der Waals surface area contributed by atoms with Crippen molar-refractivity contribution in [3.05, 3.63) is 52.0 Å². The van der Waals surface area contributed by atoms with Gasteiger partial charge in [-0.1, -0.05) is 29.3 Å². The molecule has 0 saturated carbocycles. The summed E-state index contributed by atoms with van der Waals surface area (Å²) < 4.78 is 37.9. The van der Waals surface area contributed by atoms with E-state index < -0.39 is 10.0 Å². The van der Waals surface area contributed by atoms with E-state index in [9.17, 15) is 8.42 Å². The average Bonchev–Trinajstić information content (AvgIpc) is 3.12. The van der Waals surface area contributed by atoms with Gasteiger partial charge in [0.1, 0.15) is 0 Å². The Morgan fingerprint density at radius 1 is 0.889 bits per heavy atom. The largest absolute Gasteiger partial charge is 0.454 e. The second-order valence-electron chi connectivity index (χ2n) is 6.44. The molecule has 0 N–H and O–H groups in total. The Hall–Kier alpha value is -1.51. The summed E-state index contributed by atoms with van der Waals surface area (Å²) in [6.07, 6.45) is 0. The van der Waals surface area contributed by atoms with Gasteiger partial charge in [0.15, 0.2) is 11.5 Å². The van der Waals surface area contributed by atoms with E-state index in [0.717, 1.165) is 23.6 Å². The van der Waals surface area contributed by atoms with Crippen LogP contribution < -0.4 is 9.47 Å². The molecule has 0 amide bonds. The molecule has 0 bridgehead atoms. The Morgan fingerprint density at radius 3 is 2.37 bits per heavy atom. The van der Waals surface area contributed by atoms with Crippen LogP contribution in [0.2, 0.25) is 10.0 Å². The third-order valence-corrected chi connectivity index (χ3v) is 7.34. The minimum atomic E-state index is -3.58. The number of rotatable bonds is 4. The van der Waals surface area contributed by atoms with E-state index >= 15 is 0 Å². The fraction of sp³-hybridized carbons (Fsp3) is 0.333. The first kappa shape index (κ1) is 18.8. The molecule has 2 aromatic carbocycles. The fourth-order valence-corrected chi connectivity index (χ4v) is 5.02. The maximum Gasteiger partial charge on any atom is 0.243 e. The highest BCUT2D eigenvalue weighted by Gasteiger charge is 2.29. The van der Waals surface area contributed by atoms with Gasteiger partial charge >= 0.3 is 0 Å². The normalized spacial score (nSPS) is 18.0. The summed E-state index contributed by atoms with van der Waals surface area (Å²) in [6, 6.07) is 10.3. The van der Waals surface area contributed by atoms with Crippen LogP contribution in [0.25, 0.3) is 0 Å². The Labute approximate surface area is 168 Å². The molecule has 0 aromatic heterocycles. The molecule has 1 fully saturated rings. The van der Waals surface area contributed by atoms with Crippen molar-refractivity contribution in [2.24, 2.45) is 0 Å². The predicted octanol–water partition coefficient (Wildman–Crippen LogP) is 3.23. The standard InChI is InChI=1S/C18H18Cl2N2O4S/c19-15-3-2-14(10-16(15)20)27(23,24)22-7-5-21(6-8-22)11-13-1-4-17-18(9-13)26-12-25-17/h1-4,9-10H,5-8,11-12H2. The van der Waals surface area contributed by atoms with Crippen LogP contribution in [-0.2, 0) is 16.6 Å². The van der Waals surface area contributed by atoms with Gasteiger partial charge in [0.05, 0.1) is 14.9 Å². The van der Waals surface area contributed by atoms with E-state index in [1.165, 1.54) is 22.5 Å². The summed E-state index contributed by atoms with van der Waals surface area (Å²) in [6.45, 7) is 3.13. The Balaban J connectivity index is 1.40. The molecule has 2 heterocycles. The molecule has 0 radical (unpaired) electrons. The molecule has 2 aliphatic rings. The van der Waals surface area contributed by atoms with Gasteiger partial charge in [-0.05, 0) is 35.9 Å². The topological polar surface area (TPSA) is 59.1 Å². The van der Waals surface area contributed by atoms with Gasteiger partial charge < -0.3 is 9.47 Å². The number of ether oxygens (including phenoxy) is 2. The first-order chi connectivity index (χ1) is 12.9. The minimum absolute atomic E-state index is 0.168. The van der Waals surface area contributed by atoms with Gasteiger partial charge in [0.2, 0.25) is 16.8 Å². The third-order valence-electron chi connectivity index (χ3n) is 4.70. The van der Waals surface area contributed by atoms with Crippen LogP contribution in [0, 0.1) is 0 Å². The highest BCUT2D eigenvalue weighted by atomic mass is 35.5. The highest BCUT2D eigenvalue weighted by Crippen LogP contribution is 2.33. The van der Waals surface area contributed by atoms with E-state index in [1.807, 2.05) is 18.2 Å². The molecule has 1 saturated heterocycles. The van der Waals surface area contributed by atoms with E-state index in [0.29, 0.717) is 31.2 Å². The summed E-state index contributed by atoms with van der Waals surface area (Å²) in [7, 11) is -3.58. The van der Waals surface area contributed by atoms with Crippen molar-refractivity contribution in [1.82, 2.24) is 9.21 Å². The lowest BCUT2D eigenvalue weighted by molar-refractivity contribution is 0.173. The maximum atomic E-state index is 12.8. The first-order valence-corrected chi connectivity index (χ1v) is 10.7. The van der Waals surface area contributed by atoms with Crippen molar-refractivity contribution >= 4 is 33.2 Å². The summed E-state index contributed by atoms with van der Waals surface area (Å²) in [4.78, 5) is 2.39. The second-order valence-corrected chi connectivity index (χ2v) is 9.20. The maximum absolute atomic E-state index is 12.8. The monoisotopic (exact) mass is 428 g/mol. The molecule has 0 aliphatic carbocycles. The number of benzene rings is 2. The van der Waals surface area contributed by atoms with E-state index in [2.05, 4.69) is 4.90 Å². The fourth-order valence-electron chi connectivity index (χ4n) is 3.21. The van der Waals surface area contributed by atoms with Crippen LogP contribution in [0.3, 0.4) is 0 Å². The van der Waals surface area contributed by atoms with Gasteiger partial charge in [0, 0.05) is 32.7 Å². The van der Waals surface area contributed by atoms with Crippen LogP contribution in [0.4, 0.5) is 0 Å². The molecule has 2 aliphatic heterocycles. The van der Waals surface area contributed by atoms with Crippen molar-refractivity contribution in [2.75, 3.05) is 33.0 Å². The van der Waals surface area contributed by atoms with Gasteiger partial charge in [-0.15, -0.1) is 0 Å². The number of fused-ring (bicyclic) bond motifs is 1. The van der Waals surface area contributed by atoms with Crippen molar-refractivity contribution in [2.45, 2.75) is 11.4 Å². The van der Waals surface area contributed by atoms with Crippen molar-refractivity contribution in [1.29, 1.82) is 0 Å². The van der Waals surface area contributed by atoms with Crippen molar-refractivity contribution < 1.29 is 17.9 Å². The van der Waals surface area contributed by atoms with Crippen LogP contribution in [0.1, 0.15) is 5.56 Å². The molecular formula is C18H18Cl2N2O4S. The molecular weight excluding hydrogens is 411 g/mol. The number of halogens is 2. The molecule has 0 spiro atoms. The molecule has 144 valence electrons. The zero-order chi connectivity index (χ0) is 19.0. The highest BCUT2D eigenvalue weighted by molar-refractivity contribution is 7.89. The Bertz CT molecular complexity index is 960. The number of piperazine rings is 1. The van der Waals surface area contributed by atoms with Crippen LogP contribution >= 0.6 is 23.2 Å². The summed E-state index contributed by atoms with van der Waals surface area (Å²) >= 11 is 11.9. The molecule has 0 unspecified atom stereocenters. The van der Waals surface area contributed by atoms with Crippen LogP contribution in [0.15, 0.2) is 41.3 Å². The molecule has 6 nitrogen and oxygen atoms in total. The number of nitrogens with zero attached hydrogens (tertiary/aromatic N) is 2. The SMILES string of the molecule is O=S(=O)(c1ccc(Cl)c(Cl)c1)N1CCN(Cc2ccc3c(c2)OCO3)CC1. The molecule has 0 atom stereocenters. The van der Waals surface area contributed by atoms with Gasteiger partial charge in [-0.25, -0.2) is 8.42 Å². The smallest absolute Gasteiger partial charge is 0.243 e. The summed E-state index contributed by atoms with van der Waals surface area (Å²) in [5.74, 6) is 1.52. The second kappa shape index (κ2) is 7.48. The summed E-state index contributed by atoms with van der Waals surface area (Å²) in [5.41, 5.74) is 1.11. The van der Waals surface area contributed by atoms with Gasteiger partial charge in [-0.3, -0.25) is 4.90 Å². The van der Waals surface area contributed by atoms with Gasteiger partial charge in [0.25, 0.3) is 0 Å². The summed E-state index contributed by atoms with van der Waals surface area (Å²) in [5, 5.41) is 0.573. The predicted molar refractivity (Wildman–Crippen MR) is 103 cm³/mol. The first-order valence-electron chi connectivity index (χ1n) is 8.49. The quantitative estimate of drug-likeness (QED) is 0.747. The number of sulfonamides is 1. The van der Waals surface area contributed by atoms with Crippen LogP contribution in [0.5, 0.6) is 11.5 Å². The van der Waals surface area contributed by atoms with Gasteiger partial charge in [-0.2, -0.15) is 4.31 Å².